The number of anilines is 1. The lowest BCUT2D eigenvalue weighted by atomic mass is 10.1. The molecule has 14 heteroatoms. The minimum Gasteiger partial charge on any atom is -0.493 e. The van der Waals surface area contributed by atoms with Crippen molar-refractivity contribution >= 4 is 52.5 Å². The smallest absolute Gasteiger partial charge is 0.251 e. The SMILES string of the molecule is COc1cc(C(=O)NCc2nnc(SCC(=O)Nc3ccccc3F)n2-c2ccc(Cl)c(Cl)c2)cc(OC)c1OC. The van der Waals surface area contributed by atoms with Crippen molar-refractivity contribution in [2.24, 2.45) is 0 Å². The van der Waals surface area contributed by atoms with E-state index in [0.29, 0.717) is 44.0 Å². The molecular formula is C27H24Cl2FN5O5S. The van der Waals surface area contributed by atoms with E-state index in [0.717, 1.165) is 11.8 Å². The highest BCUT2D eigenvalue weighted by atomic mass is 35.5. The second-order valence-electron chi connectivity index (χ2n) is 8.25. The Balaban J connectivity index is 1.56. The van der Waals surface area contributed by atoms with Crippen LogP contribution in [0, 0.1) is 5.82 Å². The first-order valence-electron chi connectivity index (χ1n) is 11.9. The minimum absolute atomic E-state index is 0.0370. The summed E-state index contributed by atoms with van der Waals surface area (Å²) in [4.78, 5) is 25.6. The molecule has 4 aromatic rings. The number of rotatable bonds is 11. The maximum absolute atomic E-state index is 13.9. The van der Waals surface area contributed by atoms with Gasteiger partial charge >= 0.3 is 0 Å². The van der Waals surface area contributed by atoms with Crippen LogP contribution in [0.15, 0.2) is 59.8 Å². The summed E-state index contributed by atoms with van der Waals surface area (Å²) in [6.07, 6.45) is 0. The molecule has 2 amide bonds. The molecule has 0 fully saturated rings. The fourth-order valence-electron chi connectivity index (χ4n) is 3.74. The summed E-state index contributed by atoms with van der Waals surface area (Å²) in [6, 6.07) is 13.8. The van der Waals surface area contributed by atoms with Crippen LogP contribution in [0.1, 0.15) is 16.2 Å². The Morgan fingerprint density at radius 1 is 0.951 bits per heavy atom. The van der Waals surface area contributed by atoms with E-state index in [-0.39, 0.29) is 23.5 Å². The van der Waals surface area contributed by atoms with E-state index in [1.54, 1.807) is 28.8 Å². The molecule has 0 radical (unpaired) electrons. The summed E-state index contributed by atoms with van der Waals surface area (Å²) in [7, 11) is 4.37. The molecule has 0 spiro atoms. The Bertz CT molecular complexity index is 1560. The molecule has 0 aliphatic heterocycles. The number of hydrogen-bond acceptors (Lipinski definition) is 8. The molecule has 0 aliphatic rings. The first-order chi connectivity index (χ1) is 19.7. The van der Waals surface area contributed by atoms with E-state index in [1.807, 2.05) is 0 Å². The zero-order valence-electron chi connectivity index (χ0n) is 22.0. The highest BCUT2D eigenvalue weighted by Gasteiger charge is 2.20. The van der Waals surface area contributed by atoms with Crippen LogP contribution in [0.5, 0.6) is 17.2 Å². The normalized spacial score (nSPS) is 10.7. The van der Waals surface area contributed by atoms with Crippen LogP contribution in [0.4, 0.5) is 10.1 Å². The largest absolute Gasteiger partial charge is 0.493 e. The summed E-state index contributed by atoms with van der Waals surface area (Å²) < 4.78 is 31.6. The summed E-state index contributed by atoms with van der Waals surface area (Å²) >= 11 is 13.4. The minimum atomic E-state index is -0.546. The monoisotopic (exact) mass is 619 g/mol. The Labute approximate surface area is 249 Å². The summed E-state index contributed by atoms with van der Waals surface area (Å²) in [6.45, 7) is -0.0370. The van der Waals surface area contributed by atoms with Gasteiger partial charge in [-0.25, -0.2) is 4.39 Å². The number of nitrogens with one attached hydrogen (secondary N) is 2. The molecule has 0 bridgehead atoms. The molecule has 10 nitrogen and oxygen atoms in total. The number of halogens is 3. The van der Waals surface area contributed by atoms with E-state index in [2.05, 4.69) is 20.8 Å². The third kappa shape index (κ3) is 7.02. The molecule has 0 aliphatic carbocycles. The van der Waals surface area contributed by atoms with Gasteiger partial charge in [0, 0.05) is 5.56 Å². The number of amides is 2. The third-order valence-electron chi connectivity index (χ3n) is 5.68. The van der Waals surface area contributed by atoms with Crippen LogP contribution in [0.3, 0.4) is 0 Å². The van der Waals surface area contributed by atoms with Gasteiger partial charge in [-0.05, 0) is 42.5 Å². The van der Waals surface area contributed by atoms with Gasteiger partial charge < -0.3 is 24.8 Å². The van der Waals surface area contributed by atoms with E-state index >= 15 is 0 Å². The molecule has 0 saturated carbocycles. The predicted molar refractivity (Wildman–Crippen MR) is 154 cm³/mol. The van der Waals surface area contributed by atoms with Crippen LogP contribution >= 0.6 is 35.0 Å². The molecule has 214 valence electrons. The van der Waals surface area contributed by atoms with Gasteiger partial charge in [0.1, 0.15) is 5.82 Å². The second kappa shape index (κ2) is 13.6. The first kappa shape index (κ1) is 30.0. The van der Waals surface area contributed by atoms with Gasteiger partial charge in [-0.15, -0.1) is 10.2 Å². The fraction of sp³-hybridized carbons (Fsp3) is 0.185. The van der Waals surface area contributed by atoms with Gasteiger partial charge in [-0.1, -0.05) is 47.1 Å². The average Bonchev–Trinajstić information content (AvgIpc) is 3.39. The van der Waals surface area contributed by atoms with Crippen LogP contribution < -0.4 is 24.8 Å². The lowest BCUT2D eigenvalue weighted by Gasteiger charge is -2.14. The zero-order chi connectivity index (χ0) is 29.5. The van der Waals surface area contributed by atoms with Crippen molar-refractivity contribution in [2.75, 3.05) is 32.4 Å². The number of hydrogen-bond donors (Lipinski definition) is 2. The standard InChI is InChI=1S/C27H24Cl2FN5O5S/c1-38-21-10-15(11-22(39-2)25(21)40-3)26(37)31-13-23-33-34-27(35(23)16-8-9-17(28)18(29)12-16)41-14-24(36)32-20-7-5-4-6-19(20)30/h4-12H,13-14H2,1-3H3,(H,31,37)(H,32,36). The molecule has 0 saturated heterocycles. The number of ether oxygens (including phenoxy) is 3. The first-order valence-corrected chi connectivity index (χ1v) is 13.6. The van der Waals surface area contributed by atoms with Crippen molar-refractivity contribution in [3.05, 3.63) is 81.8 Å². The van der Waals surface area contributed by atoms with Crippen molar-refractivity contribution in [3.8, 4) is 22.9 Å². The van der Waals surface area contributed by atoms with Crippen LogP contribution in [0.2, 0.25) is 10.0 Å². The number of aromatic nitrogens is 3. The second-order valence-corrected chi connectivity index (χ2v) is 10.0. The Hall–Kier alpha value is -4.00. The molecule has 1 aromatic heterocycles. The van der Waals surface area contributed by atoms with Gasteiger partial charge in [0.25, 0.3) is 5.91 Å². The number of nitrogens with zero attached hydrogens (tertiary/aromatic N) is 3. The van der Waals surface area contributed by atoms with Crippen molar-refractivity contribution in [1.82, 2.24) is 20.1 Å². The van der Waals surface area contributed by atoms with Gasteiger partial charge in [0.05, 0.1) is 55.0 Å². The van der Waals surface area contributed by atoms with Crippen LogP contribution in [-0.2, 0) is 11.3 Å². The Morgan fingerprint density at radius 2 is 1.66 bits per heavy atom. The number of benzene rings is 3. The van der Waals surface area contributed by atoms with Gasteiger partial charge in [0.15, 0.2) is 22.5 Å². The molecule has 1 heterocycles. The lowest BCUT2D eigenvalue weighted by molar-refractivity contribution is -0.113. The maximum atomic E-state index is 13.9. The average molecular weight is 620 g/mol. The molecule has 2 N–H and O–H groups in total. The number of thioether (sulfide) groups is 1. The fourth-order valence-corrected chi connectivity index (χ4v) is 4.81. The van der Waals surface area contributed by atoms with Crippen molar-refractivity contribution in [2.45, 2.75) is 11.7 Å². The topological polar surface area (TPSA) is 117 Å². The molecular weight excluding hydrogens is 596 g/mol. The van der Waals surface area contributed by atoms with Gasteiger partial charge in [-0.3, -0.25) is 14.2 Å². The molecule has 41 heavy (non-hydrogen) atoms. The maximum Gasteiger partial charge on any atom is 0.251 e. The van der Waals surface area contributed by atoms with Crippen LogP contribution in [-0.4, -0.2) is 53.7 Å². The van der Waals surface area contributed by atoms with E-state index in [1.165, 1.54) is 51.7 Å². The Morgan fingerprint density at radius 3 is 2.29 bits per heavy atom. The summed E-state index contributed by atoms with van der Waals surface area (Å²) in [5, 5.41) is 14.7. The number of methoxy groups -OCH3 is 3. The van der Waals surface area contributed by atoms with Crippen LogP contribution in [0.25, 0.3) is 5.69 Å². The van der Waals surface area contributed by atoms with E-state index in [9.17, 15) is 14.0 Å². The van der Waals surface area contributed by atoms with Crippen molar-refractivity contribution in [1.29, 1.82) is 0 Å². The molecule has 0 atom stereocenters. The lowest BCUT2D eigenvalue weighted by Crippen LogP contribution is -2.25. The highest BCUT2D eigenvalue weighted by molar-refractivity contribution is 7.99. The van der Waals surface area contributed by atoms with Gasteiger partial charge in [-0.2, -0.15) is 0 Å². The molecule has 4 rings (SSSR count). The molecule has 3 aromatic carbocycles. The number of carbonyl (C=O) groups excluding carboxylic acids is 2. The molecule has 0 unspecified atom stereocenters. The third-order valence-corrected chi connectivity index (χ3v) is 7.34. The van der Waals surface area contributed by atoms with Crippen molar-refractivity contribution < 1.29 is 28.2 Å². The Kier molecular flexibility index (Phi) is 9.92. The predicted octanol–water partition coefficient (Wildman–Crippen LogP) is 5.40. The quantitative estimate of drug-likeness (QED) is 0.214. The summed E-state index contributed by atoms with van der Waals surface area (Å²) in [5.74, 6) is -0.173. The van der Waals surface area contributed by atoms with E-state index < -0.39 is 17.6 Å². The van der Waals surface area contributed by atoms with Crippen molar-refractivity contribution in [3.63, 3.8) is 0 Å². The summed E-state index contributed by atoms with van der Waals surface area (Å²) in [5.41, 5.74) is 0.886. The van der Waals surface area contributed by atoms with E-state index in [4.69, 9.17) is 37.4 Å². The highest BCUT2D eigenvalue weighted by Crippen LogP contribution is 2.38. The zero-order valence-corrected chi connectivity index (χ0v) is 24.4. The van der Waals surface area contributed by atoms with Gasteiger partial charge in [0.2, 0.25) is 11.7 Å². The number of para-hydroxylation sites is 1. The number of carbonyl (C=O) groups is 2.